The Balaban J connectivity index is 2.07. The second-order valence-electron chi connectivity index (χ2n) is 6.39. The first kappa shape index (κ1) is 20.5. The van der Waals surface area contributed by atoms with Crippen molar-refractivity contribution in [3.8, 4) is 0 Å². The normalized spacial score (nSPS) is 20.9. The van der Waals surface area contributed by atoms with E-state index in [1.54, 1.807) is 68.4 Å². The van der Waals surface area contributed by atoms with Crippen LogP contribution in [0, 0.1) is 5.92 Å². The zero-order valence-electron chi connectivity index (χ0n) is 16.3. The van der Waals surface area contributed by atoms with Crippen LogP contribution in [0.2, 0.25) is 0 Å². The molecule has 0 aromatic heterocycles. The Kier molecular flexibility index (Phi) is 6.61. The lowest BCUT2D eigenvalue weighted by Crippen LogP contribution is -2.45. The number of ether oxygens (including phenoxy) is 2. The van der Waals surface area contributed by atoms with Crippen LogP contribution >= 0.6 is 0 Å². The largest absolute Gasteiger partial charge is 0.466 e. The summed E-state index contributed by atoms with van der Waals surface area (Å²) in [6, 6.07) is 16.3. The molecule has 0 radical (unpaired) electrons. The van der Waals surface area contributed by atoms with Gasteiger partial charge in [0.1, 0.15) is 12.0 Å². The molecule has 0 bridgehead atoms. The van der Waals surface area contributed by atoms with Gasteiger partial charge in [0.2, 0.25) is 0 Å². The van der Waals surface area contributed by atoms with Gasteiger partial charge in [-0.15, -0.1) is 0 Å². The Labute approximate surface area is 169 Å². The topological polar surface area (TPSA) is 82.1 Å². The van der Waals surface area contributed by atoms with Gasteiger partial charge in [0.05, 0.1) is 18.9 Å². The molecule has 3 atom stereocenters. The third-order valence-electron chi connectivity index (χ3n) is 4.56. The number of rotatable bonds is 7. The van der Waals surface area contributed by atoms with Crippen LogP contribution in [0.3, 0.4) is 0 Å². The van der Waals surface area contributed by atoms with Crippen LogP contribution in [-0.2, 0) is 23.9 Å². The van der Waals surface area contributed by atoms with Crippen LogP contribution in [0.15, 0.2) is 60.7 Å². The molecular formula is C22H23NO6. The molecule has 29 heavy (non-hydrogen) atoms. The molecule has 0 saturated carbocycles. The number of carbonyl (C=O) groups excluding carboxylic acids is 3. The molecule has 0 unspecified atom stereocenters. The molecule has 0 aliphatic carbocycles. The quantitative estimate of drug-likeness (QED) is 0.525. The molecule has 3 rings (SSSR count). The zero-order valence-corrected chi connectivity index (χ0v) is 16.3. The summed E-state index contributed by atoms with van der Waals surface area (Å²) in [4.78, 5) is 44.6. The lowest BCUT2D eigenvalue weighted by molar-refractivity contribution is -0.164. The van der Waals surface area contributed by atoms with E-state index in [1.165, 1.54) is 5.06 Å². The minimum Gasteiger partial charge on any atom is -0.466 e. The first-order chi connectivity index (χ1) is 14.1. The van der Waals surface area contributed by atoms with Crippen LogP contribution in [0.5, 0.6) is 0 Å². The average Bonchev–Trinajstić information content (AvgIpc) is 3.16. The van der Waals surface area contributed by atoms with Gasteiger partial charge in [-0.05, 0) is 26.0 Å². The predicted octanol–water partition coefficient (Wildman–Crippen LogP) is 2.80. The highest BCUT2D eigenvalue weighted by atomic mass is 16.7. The van der Waals surface area contributed by atoms with Crippen molar-refractivity contribution in [1.82, 2.24) is 0 Å². The lowest BCUT2D eigenvalue weighted by Gasteiger charge is -2.25. The molecule has 1 aliphatic rings. The second-order valence-corrected chi connectivity index (χ2v) is 6.39. The molecule has 1 fully saturated rings. The number of anilines is 1. The molecule has 0 N–H and O–H groups in total. The number of hydroxylamine groups is 1. The molecule has 7 heteroatoms. The monoisotopic (exact) mass is 397 g/mol. The molecular weight excluding hydrogens is 374 g/mol. The number of carbonyl (C=O) groups is 3. The molecule has 7 nitrogen and oxygen atoms in total. The Morgan fingerprint density at radius 2 is 1.41 bits per heavy atom. The van der Waals surface area contributed by atoms with Gasteiger partial charge in [0.15, 0.2) is 11.9 Å². The zero-order chi connectivity index (χ0) is 20.8. The van der Waals surface area contributed by atoms with Crippen LogP contribution < -0.4 is 5.06 Å². The van der Waals surface area contributed by atoms with Crippen molar-refractivity contribution in [1.29, 1.82) is 0 Å². The molecule has 1 heterocycles. The Hall–Kier alpha value is -3.19. The fourth-order valence-corrected chi connectivity index (χ4v) is 3.31. The second kappa shape index (κ2) is 9.34. The Morgan fingerprint density at radius 1 is 0.862 bits per heavy atom. The summed E-state index contributed by atoms with van der Waals surface area (Å²) in [5, 5.41) is 1.32. The number of hydrogen-bond donors (Lipinski definition) is 0. The Morgan fingerprint density at radius 3 is 2.00 bits per heavy atom. The van der Waals surface area contributed by atoms with Gasteiger partial charge in [-0.3, -0.25) is 14.4 Å². The van der Waals surface area contributed by atoms with E-state index in [0.717, 1.165) is 0 Å². The smallest absolute Gasteiger partial charge is 0.339 e. The molecule has 2 aromatic carbocycles. The molecule has 0 spiro atoms. The molecule has 1 aliphatic heterocycles. The summed E-state index contributed by atoms with van der Waals surface area (Å²) < 4.78 is 10.3. The van der Waals surface area contributed by atoms with Crippen LogP contribution in [0.4, 0.5) is 5.69 Å². The fourth-order valence-electron chi connectivity index (χ4n) is 3.31. The number of esters is 2. The van der Waals surface area contributed by atoms with E-state index in [2.05, 4.69) is 0 Å². The maximum atomic E-state index is 13.4. The van der Waals surface area contributed by atoms with E-state index in [1.807, 2.05) is 6.07 Å². The van der Waals surface area contributed by atoms with Gasteiger partial charge in [-0.1, -0.05) is 48.5 Å². The van der Waals surface area contributed by atoms with Crippen molar-refractivity contribution < 1.29 is 28.7 Å². The highest BCUT2D eigenvalue weighted by molar-refractivity contribution is 6.05. The predicted molar refractivity (Wildman–Crippen MR) is 105 cm³/mol. The maximum absolute atomic E-state index is 13.4. The summed E-state index contributed by atoms with van der Waals surface area (Å²) in [6.45, 7) is 3.56. The van der Waals surface area contributed by atoms with Crippen LogP contribution in [0.1, 0.15) is 24.2 Å². The molecule has 152 valence electrons. The third kappa shape index (κ3) is 4.30. The Bertz CT molecular complexity index is 854. The van der Waals surface area contributed by atoms with Crippen LogP contribution in [0.25, 0.3) is 0 Å². The summed E-state index contributed by atoms with van der Waals surface area (Å²) in [5.74, 6) is -2.91. The van der Waals surface area contributed by atoms with Gasteiger partial charge >= 0.3 is 11.9 Å². The van der Waals surface area contributed by atoms with Crippen molar-refractivity contribution in [2.75, 3.05) is 18.3 Å². The summed E-state index contributed by atoms with van der Waals surface area (Å²) in [7, 11) is 0. The minimum atomic E-state index is -1.29. The number of hydrogen-bond acceptors (Lipinski definition) is 7. The number of nitrogens with zero attached hydrogens (tertiary/aromatic N) is 1. The van der Waals surface area contributed by atoms with Gasteiger partial charge in [0.25, 0.3) is 0 Å². The van der Waals surface area contributed by atoms with E-state index >= 15 is 0 Å². The van der Waals surface area contributed by atoms with Crippen molar-refractivity contribution in [3.63, 3.8) is 0 Å². The van der Waals surface area contributed by atoms with Gasteiger partial charge < -0.3 is 9.47 Å². The summed E-state index contributed by atoms with van der Waals surface area (Å²) in [6.07, 6.45) is -1.29. The van der Waals surface area contributed by atoms with E-state index in [0.29, 0.717) is 11.3 Å². The minimum absolute atomic E-state index is 0.114. The summed E-state index contributed by atoms with van der Waals surface area (Å²) >= 11 is 0. The number of para-hydroxylation sites is 1. The van der Waals surface area contributed by atoms with E-state index < -0.39 is 30.0 Å². The number of Topliss-reactive ketones (excluding diaryl/α,β-unsaturated/α-hetero) is 1. The van der Waals surface area contributed by atoms with Gasteiger partial charge in [-0.2, -0.15) is 0 Å². The third-order valence-corrected chi connectivity index (χ3v) is 4.56. The van der Waals surface area contributed by atoms with Gasteiger partial charge in [-0.25, -0.2) is 9.86 Å². The lowest BCUT2D eigenvalue weighted by atomic mass is 9.88. The standard InChI is InChI=1S/C22H23NO6/c1-3-27-21(25)17-18(19(24)15-11-7-5-8-12-15)23(16-13-9-6-10-14-16)29-20(17)22(26)28-4-2/h5-14,17-18,20H,3-4H2,1-2H3/t17-,18+,20-/m1/s1. The molecule has 0 amide bonds. The van der Waals surface area contributed by atoms with Gasteiger partial charge in [0, 0.05) is 5.56 Å². The van der Waals surface area contributed by atoms with E-state index in [9.17, 15) is 14.4 Å². The average molecular weight is 397 g/mol. The fraction of sp³-hybridized carbons (Fsp3) is 0.318. The first-order valence-electron chi connectivity index (χ1n) is 9.52. The number of benzene rings is 2. The van der Waals surface area contributed by atoms with Crippen LogP contribution in [-0.4, -0.2) is 43.1 Å². The first-order valence-corrected chi connectivity index (χ1v) is 9.52. The number of ketones is 1. The van der Waals surface area contributed by atoms with E-state index in [-0.39, 0.29) is 19.0 Å². The van der Waals surface area contributed by atoms with E-state index in [4.69, 9.17) is 14.3 Å². The summed E-state index contributed by atoms with van der Waals surface area (Å²) in [5.41, 5.74) is 0.948. The highest BCUT2D eigenvalue weighted by Gasteiger charge is 2.55. The highest BCUT2D eigenvalue weighted by Crippen LogP contribution is 2.36. The van der Waals surface area contributed by atoms with Crippen molar-refractivity contribution >= 4 is 23.4 Å². The van der Waals surface area contributed by atoms with Crippen molar-refractivity contribution in [2.45, 2.75) is 26.0 Å². The molecule has 1 saturated heterocycles. The maximum Gasteiger partial charge on any atom is 0.339 e. The van der Waals surface area contributed by atoms with Crippen molar-refractivity contribution in [2.24, 2.45) is 5.92 Å². The SMILES string of the molecule is CCOC(=O)[C@@H]1[C@@H](C(=O)c2ccccc2)N(c2ccccc2)O[C@H]1C(=O)OCC. The van der Waals surface area contributed by atoms with Crippen molar-refractivity contribution in [3.05, 3.63) is 66.2 Å². The molecule has 2 aromatic rings.